The van der Waals surface area contributed by atoms with E-state index in [1.807, 2.05) is 6.07 Å². The smallest absolute Gasteiger partial charge is 0.240 e. The van der Waals surface area contributed by atoms with Crippen molar-refractivity contribution >= 4 is 0 Å². The van der Waals surface area contributed by atoms with E-state index >= 15 is 0 Å². The van der Waals surface area contributed by atoms with Crippen LogP contribution in [0, 0.1) is 18.3 Å². The molecular weight excluding hydrogens is 272 g/mol. The van der Waals surface area contributed by atoms with Crippen molar-refractivity contribution in [3.63, 3.8) is 0 Å². The molecule has 1 aromatic heterocycles. The minimum Gasteiger partial charge on any atom is -0.489 e. The summed E-state index contributed by atoms with van der Waals surface area (Å²) in [5.41, 5.74) is 0.444. The number of aromatic nitrogens is 2. The summed E-state index contributed by atoms with van der Waals surface area (Å²) in [6, 6.07) is 8.93. The van der Waals surface area contributed by atoms with Crippen LogP contribution in [-0.4, -0.2) is 34.5 Å². The Bertz CT molecular complexity index is 621. The van der Waals surface area contributed by atoms with Crippen molar-refractivity contribution in [3.8, 4) is 11.8 Å². The van der Waals surface area contributed by atoms with E-state index in [-0.39, 0.29) is 6.61 Å². The Kier molecular flexibility index (Phi) is 5.26. The van der Waals surface area contributed by atoms with Gasteiger partial charge < -0.3 is 19.7 Å². The summed E-state index contributed by atoms with van der Waals surface area (Å²) in [6.07, 6.45) is -0.708. The lowest BCUT2D eigenvalue weighted by Gasteiger charge is -2.13. The van der Waals surface area contributed by atoms with Crippen LogP contribution in [0.1, 0.15) is 17.3 Å². The van der Waals surface area contributed by atoms with Crippen LogP contribution in [-0.2, 0) is 6.54 Å². The van der Waals surface area contributed by atoms with Gasteiger partial charge in [0.15, 0.2) is 5.82 Å². The Morgan fingerprint density at radius 1 is 1.48 bits per heavy atom. The monoisotopic (exact) mass is 288 g/mol. The van der Waals surface area contributed by atoms with Crippen molar-refractivity contribution in [2.75, 3.05) is 13.2 Å². The van der Waals surface area contributed by atoms with Gasteiger partial charge in [0.1, 0.15) is 24.5 Å². The molecule has 0 bridgehead atoms. The summed E-state index contributed by atoms with van der Waals surface area (Å²) in [5, 5.41) is 25.4. The molecule has 2 aromatic rings. The highest BCUT2D eigenvalue weighted by Gasteiger charge is 2.09. The summed E-state index contributed by atoms with van der Waals surface area (Å²) in [7, 11) is 0. The van der Waals surface area contributed by atoms with Crippen LogP contribution in [0.15, 0.2) is 28.8 Å². The highest BCUT2D eigenvalue weighted by atomic mass is 16.5. The number of aliphatic hydroxyl groups is 1. The first-order valence-electron chi connectivity index (χ1n) is 6.49. The molecule has 1 atom stereocenters. The van der Waals surface area contributed by atoms with Crippen LogP contribution < -0.4 is 10.1 Å². The summed E-state index contributed by atoms with van der Waals surface area (Å²) < 4.78 is 10.4. The zero-order valence-electron chi connectivity index (χ0n) is 11.6. The first-order chi connectivity index (χ1) is 10.2. The molecule has 2 rings (SSSR count). The average Bonchev–Trinajstić information content (AvgIpc) is 2.91. The third-order valence-electron chi connectivity index (χ3n) is 2.66. The maximum absolute atomic E-state index is 9.82. The molecule has 7 heteroatoms. The fourth-order valence-corrected chi connectivity index (χ4v) is 1.69. The number of nitrogens with zero attached hydrogens (tertiary/aromatic N) is 3. The fraction of sp³-hybridized carbons (Fsp3) is 0.357. The zero-order valence-corrected chi connectivity index (χ0v) is 11.6. The molecule has 21 heavy (non-hydrogen) atoms. The highest BCUT2D eigenvalue weighted by Crippen LogP contribution is 2.16. The number of benzene rings is 1. The van der Waals surface area contributed by atoms with Gasteiger partial charge in [0.25, 0.3) is 0 Å². The van der Waals surface area contributed by atoms with Crippen molar-refractivity contribution in [1.82, 2.24) is 15.5 Å². The number of nitrogens with one attached hydrogen (secondary N) is 1. The predicted octanol–water partition coefficient (Wildman–Crippen LogP) is 0.779. The lowest BCUT2D eigenvalue weighted by molar-refractivity contribution is 0.105. The van der Waals surface area contributed by atoms with Gasteiger partial charge in [-0.1, -0.05) is 17.3 Å². The highest BCUT2D eigenvalue weighted by molar-refractivity contribution is 5.42. The molecule has 110 valence electrons. The molecular formula is C14H16N4O3. The lowest BCUT2D eigenvalue weighted by Crippen LogP contribution is -2.31. The van der Waals surface area contributed by atoms with Crippen LogP contribution >= 0.6 is 0 Å². The molecule has 2 N–H and O–H groups in total. The molecule has 7 nitrogen and oxygen atoms in total. The Hall–Kier alpha value is -2.43. The van der Waals surface area contributed by atoms with Crippen molar-refractivity contribution in [2.24, 2.45) is 0 Å². The quantitative estimate of drug-likeness (QED) is 0.775. The second kappa shape index (κ2) is 7.38. The minimum atomic E-state index is -0.708. The molecule has 0 aliphatic rings. The first kappa shape index (κ1) is 15.0. The second-order valence-electron chi connectivity index (χ2n) is 4.44. The van der Waals surface area contributed by atoms with Gasteiger partial charge >= 0.3 is 0 Å². The predicted molar refractivity (Wildman–Crippen MR) is 73.4 cm³/mol. The number of aliphatic hydroxyl groups excluding tert-OH is 1. The number of ether oxygens (including phenoxy) is 1. The van der Waals surface area contributed by atoms with Gasteiger partial charge in [-0.05, 0) is 19.1 Å². The van der Waals surface area contributed by atoms with E-state index in [0.717, 1.165) is 0 Å². The fourth-order valence-electron chi connectivity index (χ4n) is 1.69. The third kappa shape index (κ3) is 4.56. The van der Waals surface area contributed by atoms with E-state index in [1.54, 1.807) is 31.2 Å². The number of aryl methyl sites for hydroxylation is 1. The number of hydrogen-bond donors (Lipinski definition) is 2. The van der Waals surface area contributed by atoms with Crippen molar-refractivity contribution in [1.29, 1.82) is 5.26 Å². The topological polar surface area (TPSA) is 104 Å². The van der Waals surface area contributed by atoms with Crippen LogP contribution in [0.4, 0.5) is 0 Å². The van der Waals surface area contributed by atoms with E-state index in [9.17, 15) is 5.11 Å². The van der Waals surface area contributed by atoms with Crippen LogP contribution in [0.2, 0.25) is 0 Å². The number of para-hydroxylation sites is 1. The van der Waals surface area contributed by atoms with Gasteiger partial charge in [-0.2, -0.15) is 10.2 Å². The standard InChI is InChI=1S/C14H16N4O3/c1-10-17-14(21-18-10)8-16-7-12(19)9-20-13-5-3-2-4-11(13)6-15/h2-5,12,16,19H,7-9H2,1H3. The number of nitriles is 1. The van der Waals surface area contributed by atoms with Crippen molar-refractivity contribution in [2.45, 2.75) is 19.6 Å². The average molecular weight is 288 g/mol. The SMILES string of the molecule is Cc1noc(CNCC(O)COc2ccccc2C#N)n1. The molecule has 0 radical (unpaired) electrons. The molecule has 0 fully saturated rings. The van der Waals surface area contributed by atoms with E-state index in [0.29, 0.717) is 36.1 Å². The Morgan fingerprint density at radius 2 is 2.29 bits per heavy atom. The van der Waals surface area contributed by atoms with Gasteiger partial charge in [0.05, 0.1) is 12.1 Å². The minimum absolute atomic E-state index is 0.0918. The van der Waals surface area contributed by atoms with Gasteiger partial charge in [-0.25, -0.2) is 0 Å². The summed E-state index contributed by atoms with van der Waals surface area (Å²) in [5.74, 6) is 1.51. The molecule has 1 heterocycles. The molecule has 0 saturated heterocycles. The van der Waals surface area contributed by atoms with Crippen LogP contribution in [0.3, 0.4) is 0 Å². The third-order valence-corrected chi connectivity index (χ3v) is 2.66. The van der Waals surface area contributed by atoms with E-state index in [1.165, 1.54) is 0 Å². The second-order valence-corrected chi connectivity index (χ2v) is 4.44. The summed E-state index contributed by atoms with van der Waals surface area (Å²) in [4.78, 5) is 4.03. The molecule has 1 unspecified atom stereocenters. The molecule has 0 amide bonds. The summed E-state index contributed by atoms with van der Waals surface area (Å²) >= 11 is 0. The molecule has 1 aromatic carbocycles. The molecule has 0 aliphatic carbocycles. The molecule has 0 saturated carbocycles. The Morgan fingerprint density at radius 3 is 3.00 bits per heavy atom. The maximum atomic E-state index is 9.82. The molecule has 0 spiro atoms. The van der Waals surface area contributed by atoms with Gasteiger partial charge in [0.2, 0.25) is 5.89 Å². The van der Waals surface area contributed by atoms with Crippen molar-refractivity contribution in [3.05, 3.63) is 41.5 Å². The van der Waals surface area contributed by atoms with E-state index < -0.39 is 6.10 Å². The largest absolute Gasteiger partial charge is 0.489 e. The summed E-state index contributed by atoms with van der Waals surface area (Å²) in [6.45, 7) is 2.53. The normalized spacial score (nSPS) is 11.9. The molecule has 0 aliphatic heterocycles. The van der Waals surface area contributed by atoms with Gasteiger partial charge in [0, 0.05) is 6.54 Å². The Labute approximate surface area is 122 Å². The van der Waals surface area contributed by atoms with Gasteiger partial charge in [-0.15, -0.1) is 0 Å². The first-order valence-corrected chi connectivity index (χ1v) is 6.49. The number of rotatable bonds is 7. The van der Waals surface area contributed by atoms with E-state index in [2.05, 4.69) is 15.5 Å². The zero-order chi connectivity index (χ0) is 15.1. The van der Waals surface area contributed by atoms with E-state index in [4.69, 9.17) is 14.5 Å². The Balaban J connectivity index is 1.72. The van der Waals surface area contributed by atoms with Crippen LogP contribution in [0.25, 0.3) is 0 Å². The lowest BCUT2D eigenvalue weighted by atomic mass is 10.2. The van der Waals surface area contributed by atoms with Crippen LogP contribution in [0.5, 0.6) is 5.75 Å². The maximum Gasteiger partial charge on any atom is 0.240 e. The van der Waals surface area contributed by atoms with Gasteiger partial charge in [-0.3, -0.25) is 0 Å². The van der Waals surface area contributed by atoms with Crippen molar-refractivity contribution < 1.29 is 14.4 Å². The number of hydrogen-bond acceptors (Lipinski definition) is 7.